The van der Waals surface area contributed by atoms with E-state index < -0.39 is 11.7 Å². The van der Waals surface area contributed by atoms with Gasteiger partial charge in [0.05, 0.1) is 44.2 Å². The molecule has 0 radical (unpaired) electrons. The maximum atomic E-state index is 11.0. The molecule has 39 heavy (non-hydrogen) atoms. The third-order valence-corrected chi connectivity index (χ3v) is 7.34. The molecule has 1 saturated heterocycles. The molecule has 0 amide bonds. The van der Waals surface area contributed by atoms with Crippen LogP contribution in [0, 0.1) is 0 Å². The van der Waals surface area contributed by atoms with Crippen molar-refractivity contribution < 1.29 is 24.1 Å². The topological polar surface area (TPSA) is 57.2 Å². The number of aliphatic hydroxyl groups is 1. The fourth-order valence-corrected chi connectivity index (χ4v) is 5.16. The molecular weight excluding hydrogens is 488 g/mol. The first-order valence-corrected chi connectivity index (χ1v) is 13.9. The van der Waals surface area contributed by atoms with Gasteiger partial charge in [-0.15, -0.1) is 6.58 Å². The number of rotatable bonds is 14. The van der Waals surface area contributed by atoms with E-state index in [9.17, 15) is 5.11 Å². The second-order valence-electron chi connectivity index (χ2n) is 10.7. The number of hydrogen-bond donors (Lipinski definition) is 1. The van der Waals surface area contributed by atoms with E-state index in [2.05, 4.69) is 37.8 Å². The molecule has 1 heterocycles. The van der Waals surface area contributed by atoms with Crippen LogP contribution in [-0.4, -0.2) is 41.7 Å². The molecule has 208 valence electrons. The molecule has 0 bridgehead atoms. The molecule has 0 aliphatic carbocycles. The summed E-state index contributed by atoms with van der Waals surface area (Å²) < 4.78 is 25.9. The lowest BCUT2D eigenvalue weighted by Gasteiger charge is -2.50. The molecule has 4 rings (SSSR count). The van der Waals surface area contributed by atoms with Crippen LogP contribution in [0.4, 0.5) is 0 Å². The normalized spacial score (nSPS) is 23.8. The summed E-state index contributed by atoms with van der Waals surface area (Å²) in [5.41, 5.74) is 3.46. The van der Waals surface area contributed by atoms with Gasteiger partial charge in [0.25, 0.3) is 0 Å². The van der Waals surface area contributed by atoms with Crippen LogP contribution in [0.2, 0.25) is 0 Å². The van der Waals surface area contributed by atoms with Gasteiger partial charge in [0.1, 0.15) is 5.60 Å². The fourth-order valence-electron chi connectivity index (χ4n) is 5.16. The summed E-state index contributed by atoms with van der Waals surface area (Å²) in [5.74, 6) is 0. The van der Waals surface area contributed by atoms with Crippen molar-refractivity contribution in [1.82, 2.24) is 0 Å². The van der Waals surface area contributed by atoms with Crippen LogP contribution in [0.3, 0.4) is 0 Å². The van der Waals surface area contributed by atoms with Crippen molar-refractivity contribution in [3.05, 3.63) is 120 Å². The minimum atomic E-state index is -0.807. The van der Waals surface area contributed by atoms with E-state index in [4.69, 9.17) is 18.9 Å². The number of ether oxygens (including phenoxy) is 4. The number of hydrogen-bond acceptors (Lipinski definition) is 5. The molecule has 3 aromatic rings. The van der Waals surface area contributed by atoms with E-state index in [1.807, 2.05) is 73.7 Å². The van der Waals surface area contributed by atoms with Crippen LogP contribution in [0.5, 0.6) is 0 Å². The fraction of sp³-hybridized carbons (Fsp3) is 0.412. The summed E-state index contributed by atoms with van der Waals surface area (Å²) in [6, 6.07) is 30.4. The highest BCUT2D eigenvalue weighted by atomic mass is 16.6. The SMILES string of the molecule is C=C(C)C[C@H]1O[C@@](C)([C@@H](CCOCc2ccccc2)OCc2ccccc2)[C@H](OCc2ccccc2)C[C@@H]1O. The molecule has 1 N–H and O–H groups in total. The zero-order valence-electron chi connectivity index (χ0n) is 23.2. The Labute approximate surface area is 233 Å². The van der Waals surface area contributed by atoms with Crippen LogP contribution in [0.15, 0.2) is 103 Å². The van der Waals surface area contributed by atoms with Gasteiger partial charge in [-0.05, 0) is 43.4 Å². The summed E-state index contributed by atoms with van der Waals surface area (Å²) >= 11 is 0. The average molecular weight is 531 g/mol. The molecule has 1 aliphatic heterocycles. The molecule has 0 spiro atoms. The first-order valence-electron chi connectivity index (χ1n) is 13.9. The van der Waals surface area contributed by atoms with Crippen molar-refractivity contribution in [2.75, 3.05) is 6.61 Å². The largest absolute Gasteiger partial charge is 0.390 e. The molecule has 5 heteroatoms. The van der Waals surface area contributed by atoms with Gasteiger partial charge in [0.2, 0.25) is 0 Å². The summed E-state index contributed by atoms with van der Waals surface area (Å²) in [6.45, 7) is 10.0. The van der Waals surface area contributed by atoms with Gasteiger partial charge < -0.3 is 24.1 Å². The van der Waals surface area contributed by atoms with Gasteiger partial charge in [0.15, 0.2) is 0 Å². The predicted octanol–water partition coefficient (Wildman–Crippen LogP) is 6.64. The summed E-state index contributed by atoms with van der Waals surface area (Å²) in [6.07, 6.45) is -0.0673. The Balaban J connectivity index is 1.53. The van der Waals surface area contributed by atoms with E-state index in [-0.39, 0.29) is 18.3 Å². The Morgan fingerprint density at radius 3 is 2.00 bits per heavy atom. The van der Waals surface area contributed by atoms with Crippen molar-refractivity contribution in [2.24, 2.45) is 0 Å². The van der Waals surface area contributed by atoms with E-state index >= 15 is 0 Å². The third-order valence-electron chi connectivity index (χ3n) is 7.34. The van der Waals surface area contributed by atoms with Gasteiger partial charge in [-0.25, -0.2) is 0 Å². The molecule has 0 saturated carbocycles. The molecule has 1 fully saturated rings. The quantitative estimate of drug-likeness (QED) is 0.187. The third kappa shape index (κ3) is 8.59. The van der Waals surface area contributed by atoms with E-state index in [1.54, 1.807) is 0 Å². The van der Waals surface area contributed by atoms with Crippen molar-refractivity contribution in [2.45, 2.75) is 82.9 Å². The molecule has 5 nitrogen and oxygen atoms in total. The van der Waals surface area contributed by atoms with Crippen molar-refractivity contribution >= 4 is 0 Å². The van der Waals surface area contributed by atoms with E-state index in [1.165, 1.54) is 0 Å². The average Bonchev–Trinajstić information content (AvgIpc) is 2.95. The molecule has 0 aromatic heterocycles. The first kappa shape index (κ1) is 29.2. The molecule has 5 atom stereocenters. The second-order valence-corrected chi connectivity index (χ2v) is 10.7. The maximum absolute atomic E-state index is 11.0. The molecule has 1 aliphatic rings. The van der Waals surface area contributed by atoms with Crippen LogP contribution < -0.4 is 0 Å². The first-order chi connectivity index (χ1) is 18.9. The predicted molar refractivity (Wildman–Crippen MR) is 154 cm³/mol. The van der Waals surface area contributed by atoms with Gasteiger partial charge in [0, 0.05) is 13.0 Å². The smallest absolute Gasteiger partial charge is 0.118 e. The summed E-state index contributed by atoms with van der Waals surface area (Å²) in [4.78, 5) is 0. The lowest BCUT2D eigenvalue weighted by atomic mass is 9.81. The highest BCUT2D eigenvalue weighted by Crippen LogP contribution is 2.39. The van der Waals surface area contributed by atoms with Gasteiger partial charge in [-0.1, -0.05) is 96.6 Å². The number of aliphatic hydroxyl groups excluding tert-OH is 1. The minimum absolute atomic E-state index is 0.325. The van der Waals surface area contributed by atoms with Crippen LogP contribution in [-0.2, 0) is 38.8 Å². The lowest BCUT2D eigenvalue weighted by Crippen LogP contribution is -2.62. The lowest BCUT2D eigenvalue weighted by molar-refractivity contribution is -0.275. The minimum Gasteiger partial charge on any atom is -0.390 e. The van der Waals surface area contributed by atoms with Crippen LogP contribution in [0.1, 0.15) is 49.8 Å². The molecular formula is C34H42O5. The van der Waals surface area contributed by atoms with Crippen molar-refractivity contribution in [1.29, 1.82) is 0 Å². The van der Waals surface area contributed by atoms with Crippen LogP contribution in [0.25, 0.3) is 0 Å². The highest BCUT2D eigenvalue weighted by molar-refractivity contribution is 5.15. The zero-order chi connectivity index (χ0) is 27.5. The highest BCUT2D eigenvalue weighted by Gasteiger charge is 2.51. The van der Waals surface area contributed by atoms with Gasteiger partial charge in [-0.3, -0.25) is 0 Å². The summed E-state index contributed by atoms with van der Waals surface area (Å²) in [7, 11) is 0. The Bertz CT molecular complexity index is 1120. The second kappa shape index (κ2) is 14.5. The Kier molecular flexibility index (Phi) is 10.9. The van der Waals surface area contributed by atoms with Gasteiger partial charge >= 0.3 is 0 Å². The molecule has 3 aromatic carbocycles. The van der Waals surface area contributed by atoms with Crippen LogP contribution >= 0.6 is 0 Å². The van der Waals surface area contributed by atoms with Crippen molar-refractivity contribution in [3.63, 3.8) is 0 Å². The van der Waals surface area contributed by atoms with Crippen molar-refractivity contribution in [3.8, 4) is 0 Å². The monoisotopic (exact) mass is 530 g/mol. The maximum Gasteiger partial charge on any atom is 0.118 e. The zero-order valence-corrected chi connectivity index (χ0v) is 23.2. The van der Waals surface area contributed by atoms with Gasteiger partial charge in [-0.2, -0.15) is 0 Å². The summed E-state index contributed by atoms with van der Waals surface area (Å²) in [5, 5.41) is 11.0. The van der Waals surface area contributed by atoms with E-state index in [0.29, 0.717) is 45.7 Å². The van der Waals surface area contributed by atoms with E-state index in [0.717, 1.165) is 22.3 Å². The number of benzene rings is 3. The standard InChI is InChI=1S/C34H42O5/c1-26(2)21-31-30(35)22-33(38-25-29-17-11-6-12-18-29)34(3,39-31)32(37-24-28-15-9-5-10-16-28)19-20-36-23-27-13-7-4-8-14-27/h4-18,30-33,35H,1,19-25H2,2-3H3/t30-,31+,32+,33+,34-/m0/s1. The Morgan fingerprint density at radius 1 is 0.897 bits per heavy atom. The Hall–Kier alpha value is -2.80. The molecule has 0 unspecified atom stereocenters. The Morgan fingerprint density at radius 2 is 1.44 bits per heavy atom.